The molecule has 5 nitrogen and oxygen atoms in total. The normalized spacial score (nSPS) is 16.7. The molecule has 2 N–H and O–H groups in total. The molecule has 0 aliphatic heterocycles. The second-order valence-corrected chi connectivity index (χ2v) is 5.99. The van der Waals surface area contributed by atoms with Gasteiger partial charge < -0.3 is 15.0 Å². The summed E-state index contributed by atoms with van der Waals surface area (Å²) in [7, 11) is 0. The van der Waals surface area contributed by atoms with Gasteiger partial charge in [0, 0.05) is 4.47 Å². The Morgan fingerprint density at radius 2 is 2.25 bits per heavy atom. The quantitative estimate of drug-likeness (QED) is 0.907. The second kappa shape index (κ2) is 5.54. The molecule has 0 saturated heterocycles. The summed E-state index contributed by atoms with van der Waals surface area (Å²) in [6.45, 7) is 0.496. The van der Waals surface area contributed by atoms with Crippen LogP contribution in [0.2, 0.25) is 0 Å². The van der Waals surface area contributed by atoms with E-state index >= 15 is 0 Å². The highest BCUT2D eigenvalue weighted by Crippen LogP contribution is 2.36. The van der Waals surface area contributed by atoms with Crippen molar-refractivity contribution in [2.24, 2.45) is 5.73 Å². The highest BCUT2D eigenvalue weighted by Gasteiger charge is 2.38. The van der Waals surface area contributed by atoms with Crippen LogP contribution in [0.5, 0.6) is 5.75 Å². The fraction of sp³-hybridized carbons (Fsp3) is 0.429. The van der Waals surface area contributed by atoms with Crippen LogP contribution in [0, 0.1) is 0 Å². The first kappa shape index (κ1) is 13.6. The number of hydrogen-bond donors (Lipinski definition) is 1. The lowest BCUT2D eigenvalue weighted by molar-refractivity contribution is 0.228. The molecule has 106 valence electrons. The van der Waals surface area contributed by atoms with E-state index in [-0.39, 0.29) is 5.54 Å². The standard InChI is InChI=1S/C14H16BrN3O2/c15-10-3-1-4-11(9-10)19-8-5-12-17-13(18-20-12)14(16)6-2-7-14/h1,3-4,9H,2,5-8,16H2. The molecule has 1 aliphatic carbocycles. The first-order valence-corrected chi connectivity index (χ1v) is 7.45. The van der Waals surface area contributed by atoms with E-state index in [1.807, 2.05) is 24.3 Å². The summed E-state index contributed by atoms with van der Waals surface area (Å²) in [6.07, 6.45) is 3.57. The van der Waals surface area contributed by atoms with Crippen molar-refractivity contribution >= 4 is 15.9 Å². The first-order valence-electron chi connectivity index (χ1n) is 6.66. The van der Waals surface area contributed by atoms with Gasteiger partial charge in [0.15, 0.2) is 5.82 Å². The summed E-state index contributed by atoms with van der Waals surface area (Å²) in [5.74, 6) is 2.02. The van der Waals surface area contributed by atoms with E-state index in [2.05, 4.69) is 26.1 Å². The number of aromatic nitrogens is 2. The van der Waals surface area contributed by atoms with Gasteiger partial charge in [0.2, 0.25) is 5.89 Å². The van der Waals surface area contributed by atoms with Crippen molar-refractivity contribution in [2.45, 2.75) is 31.2 Å². The Labute approximate surface area is 125 Å². The van der Waals surface area contributed by atoms with Gasteiger partial charge >= 0.3 is 0 Å². The van der Waals surface area contributed by atoms with Crippen molar-refractivity contribution in [3.63, 3.8) is 0 Å². The predicted octanol–water partition coefficient (Wildman–Crippen LogP) is 2.79. The van der Waals surface area contributed by atoms with Crippen molar-refractivity contribution in [3.8, 4) is 5.75 Å². The molecule has 0 radical (unpaired) electrons. The molecule has 1 aromatic carbocycles. The van der Waals surface area contributed by atoms with Crippen LogP contribution >= 0.6 is 15.9 Å². The number of nitrogens with two attached hydrogens (primary N) is 1. The number of hydrogen-bond acceptors (Lipinski definition) is 5. The van der Waals surface area contributed by atoms with Crippen LogP contribution in [0.4, 0.5) is 0 Å². The third-order valence-electron chi connectivity index (χ3n) is 3.54. The van der Waals surface area contributed by atoms with Crippen molar-refractivity contribution in [1.29, 1.82) is 0 Å². The number of nitrogens with zero attached hydrogens (tertiary/aromatic N) is 2. The lowest BCUT2D eigenvalue weighted by Gasteiger charge is -2.34. The molecule has 1 aromatic heterocycles. The summed E-state index contributed by atoms with van der Waals surface area (Å²) in [4.78, 5) is 4.36. The van der Waals surface area contributed by atoms with Gasteiger partial charge in [0.1, 0.15) is 5.75 Å². The highest BCUT2D eigenvalue weighted by molar-refractivity contribution is 9.10. The molecule has 20 heavy (non-hydrogen) atoms. The number of rotatable bonds is 5. The molecule has 0 unspecified atom stereocenters. The van der Waals surface area contributed by atoms with Crippen LogP contribution in [0.15, 0.2) is 33.3 Å². The van der Waals surface area contributed by atoms with Crippen LogP contribution < -0.4 is 10.5 Å². The van der Waals surface area contributed by atoms with Crippen molar-refractivity contribution in [2.75, 3.05) is 6.61 Å². The van der Waals surface area contributed by atoms with Gasteiger partial charge in [-0.15, -0.1) is 0 Å². The van der Waals surface area contributed by atoms with Gasteiger partial charge in [-0.05, 0) is 37.5 Å². The minimum Gasteiger partial charge on any atom is -0.493 e. The molecule has 0 bridgehead atoms. The topological polar surface area (TPSA) is 74.2 Å². The number of ether oxygens (including phenoxy) is 1. The lowest BCUT2D eigenvalue weighted by Crippen LogP contribution is -2.44. The Morgan fingerprint density at radius 1 is 1.40 bits per heavy atom. The van der Waals surface area contributed by atoms with Crippen molar-refractivity contribution < 1.29 is 9.26 Å². The molecule has 3 rings (SSSR count). The molecule has 1 aliphatic rings. The van der Waals surface area contributed by atoms with E-state index in [4.69, 9.17) is 15.0 Å². The van der Waals surface area contributed by atoms with E-state index in [1.54, 1.807) is 0 Å². The number of halogens is 1. The molecule has 1 saturated carbocycles. The zero-order valence-electron chi connectivity index (χ0n) is 11.0. The van der Waals surface area contributed by atoms with Crippen molar-refractivity contribution in [3.05, 3.63) is 40.5 Å². The lowest BCUT2D eigenvalue weighted by atomic mass is 9.77. The summed E-state index contributed by atoms with van der Waals surface area (Å²) in [6, 6.07) is 7.71. The third kappa shape index (κ3) is 2.86. The second-order valence-electron chi connectivity index (χ2n) is 5.08. The summed E-state index contributed by atoms with van der Waals surface area (Å²) in [5, 5.41) is 3.98. The molecule has 1 heterocycles. The molecular formula is C14H16BrN3O2. The third-order valence-corrected chi connectivity index (χ3v) is 4.03. The molecule has 0 amide bonds. The fourth-order valence-electron chi connectivity index (χ4n) is 2.15. The first-order chi connectivity index (χ1) is 9.66. The molecule has 2 aromatic rings. The van der Waals surface area contributed by atoms with Crippen LogP contribution in [0.25, 0.3) is 0 Å². The minimum atomic E-state index is -0.368. The van der Waals surface area contributed by atoms with Gasteiger partial charge in [-0.2, -0.15) is 4.98 Å². The molecular weight excluding hydrogens is 322 g/mol. The molecule has 0 spiro atoms. The van der Waals surface area contributed by atoms with Gasteiger partial charge in [0.25, 0.3) is 0 Å². The van der Waals surface area contributed by atoms with Gasteiger partial charge in [0.05, 0.1) is 18.6 Å². The van der Waals surface area contributed by atoms with Gasteiger partial charge in [-0.1, -0.05) is 27.2 Å². The predicted molar refractivity (Wildman–Crippen MR) is 77.4 cm³/mol. The molecule has 1 fully saturated rings. The maximum Gasteiger partial charge on any atom is 0.230 e. The summed E-state index contributed by atoms with van der Waals surface area (Å²) in [5.41, 5.74) is 5.78. The Morgan fingerprint density at radius 3 is 2.95 bits per heavy atom. The van der Waals surface area contributed by atoms with Crippen LogP contribution in [-0.2, 0) is 12.0 Å². The van der Waals surface area contributed by atoms with E-state index in [9.17, 15) is 0 Å². The van der Waals surface area contributed by atoms with Crippen molar-refractivity contribution in [1.82, 2.24) is 10.1 Å². The van der Waals surface area contributed by atoms with Crippen LogP contribution in [0.1, 0.15) is 31.0 Å². The zero-order chi connectivity index (χ0) is 14.0. The number of benzene rings is 1. The summed E-state index contributed by atoms with van der Waals surface area (Å²) < 4.78 is 11.8. The molecule has 6 heteroatoms. The Bertz CT molecular complexity index is 596. The van der Waals surface area contributed by atoms with E-state index in [0.717, 1.165) is 29.5 Å². The van der Waals surface area contributed by atoms with E-state index in [0.29, 0.717) is 24.7 Å². The van der Waals surface area contributed by atoms with Crippen LogP contribution in [0.3, 0.4) is 0 Å². The highest BCUT2D eigenvalue weighted by atomic mass is 79.9. The maximum atomic E-state index is 6.15. The largest absolute Gasteiger partial charge is 0.493 e. The Balaban J connectivity index is 1.54. The monoisotopic (exact) mass is 337 g/mol. The Hall–Kier alpha value is -1.40. The minimum absolute atomic E-state index is 0.368. The average Bonchev–Trinajstić information content (AvgIpc) is 2.85. The zero-order valence-corrected chi connectivity index (χ0v) is 12.6. The smallest absolute Gasteiger partial charge is 0.230 e. The van der Waals surface area contributed by atoms with Crippen LogP contribution in [-0.4, -0.2) is 16.7 Å². The van der Waals surface area contributed by atoms with E-state index < -0.39 is 0 Å². The van der Waals surface area contributed by atoms with Gasteiger partial charge in [-0.25, -0.2) is 0 Å². The maximum absolute atomic E-state index is 6.15. The van der Waals surface area contributed by atoms with E-state index in [1.165, 1.54) is 0 Å². The Kier molecular flexibility index (Phi) is 3.76. The van der Waals surface area contributed by atoms with Gasteiger partial charge in [-0.3, -0.25) is 0 Å². The molecule has 0 atom stereocenters. The average molecular weight is 338 g/mol. The SMILES string of the molecule is NC1(c2noc(CCOc3cccc(Br)c3)n2)CCC1. The fourth-order valence-corrected chi connectivity index (χ4v) is 2.53. The summed E-state index contributed by atoms with van der Waals surface area (Å²) >= 11 is 3.40.